The van der Waals surface area contributed by atoms with Gasteiger partial charge >= 0.3 is 0 Å². The van der Waals surface area contributed by atoms with Crippen molar-refractivity contribution < 1.29 is 9.53 Å². The number of halogens is 2. The number of nitrogens with zero attached hydrogens (tertiary/aromatic N) is 1. The van der Waals surface area contributed by atoms with Gasteiger partial charge in [0.15, 0.2) is 6.10 Å². The number of hydrogen-bond acceptors (Lipinski definition) is 3. The number of aryl methyl sites for hydroxylation is 1. The summed E-state index contributed by atoms with van der Waals surface area (Å²) in [6.45, 7) is 9.91. The van der Waals surface area contributed by atoms with Crippen molar-refractivity contribution >= 4 is 49.1 Å². The molecule has 1 amide bonds. The van der Waals surface area contributed by atoms with Crippen LogP contribution in [-0.4, -0.2) is 25.1 Å². The molecule has 0 aliphatic heterocycles. The van der Waals surface area contributed by atoms with Crippen molar-refractivity contribution in [1.82, 2.24) is 0 Å². The van der Waals surface area contributed by atoms with Gasteiger partial charge in [0, 0.05) is 28.9 Å². The fourth-order valence-corrected chi connectivity index (χ4v) is 3.76. The Morgan fingerprint density at radius 3 is 2.42 bits per heavy atom. The molecule has 0 unspecified atom stereocenters. The van der Waals surface area contributed by atoms with Crippen LogP contribution in [0.1, 0.15) is 26.3 Å². The number of carbonyl (C=O) groups excluding carboxylic acids is 1. The van der Waals surface area contributed by atoms with E-state index in [1.165, 1.54) is 0 Å². The van der Waals surface area contributed by atoms with Crippen LogP contribution in [0, 0.1) is 6.92 Å². The maximum absolute atomic E-state index is 12.5. The van der Waals surface area contributed by atoms with Crippen LogP contribution in [0.25, 0.3) is 0 Å². The van der Waals surface area contributed by atoms with Crippen LogP contribution >= 0.6 is 31.9 Å². The first-order valence-electron chi connectivity index (χ1n) is 8.63. The molecule has 2 aromatic carbocycles. The second-order valence-corrected chi connectivity index (χ2v) is 7.77. The van der Waals surface area contributed by atoms with Gasteiger partial charge in [0.25, 0.3) is 5.91 Å². The molecule has 6 heteroatoms. The van der Waals surface area contributed by atoms with Crippen molar-refractivity contribution in [3.8, 4) is 5.75 Å². The minimum absolute atomic E-state index is 0.182. The summed E-state index contributed by atoms with van der Waals surface area (Å²) >= 11 is 6.85. The Bertz CT molecular complexity index is 776. The van der Waals surface area contributed by atoms with E-state index in [2.05, 4.69) is 62.0 Å². The van der Waals surface area contributed by atoms with E-state index in [0.717, 1.165) is 39.0 Å². The maximum atomic E-state index is 12.5. The first-order chi connectivity index (χ1) is 12.3. The Hall–Kier alpha value is -1.53. The highest BCUT2D eigenvalue weighted by Gasteiger charge is 2.17. The Morgan fingerprint density at radius 2 is 1.85 bits per heavy atom. The zero-order chi connectivity index (χ0) is 19.3. The lowest BCUT2D eigenvalue weighted by Crippen LogP contribution is -2.30. The smallest absolute Gasteiger partial charge is 0.265 e. The summed E-state index contributed by atoms with van der Waals surface area (Å²) in [4.78, 5) is 14.8. The normalized spacial score (nSPS) is 11.8. The van der Waals surface area contributed by atoms with Crippen LogP contribution < -0.4 is 15.0 Å². The molecular formula is C20H24Br2N2O2. The van der Waals surface area contributed by atoms with Crippen LogP contribution in [0.2, 0.25) is 0 Å². The zero-order valence-corrected chi connectivity index (χ0v) is 18.6. The first kappa shape index (κ1) is 20.8. The lowest BCUT2D eigenvalue weighted by atomic mass is 10.1. The molecule has 4 nitrogen and oxygen atoms in total. The number of amides is 1. The van der Waals surface area contributed by atoms with Crippen LogP contribution in [0.4, 0.5) is 11.4 Å². The Kier molecular flexibility index (Phi) is 7.53. The quantitative estimate of drug-likeness (QED) is 0.543. The molecule has 26 heavy (non-hydrogen) atoms. The second kappa shape index (κ2) is 9.42. The molecule has 2 rings (SSSR count). The second-order valence-electron chi connectivity index (χ2n) is 6.00. The van der Waals surface area contributed by atoms with Crippen molar-refractivity contribution in [1.29, 1.82) is 0 Å². The molecule has 0 bridgehead atoms. The van der Waals surface area contributed by atoms with E-state index in [0.29, 0.717) is 5.75 Å². The predicted octanol–water partition coefficient (Wildman–Crippen LogP) is 5.77. The van der Waals surface area contributed by atoms with Gasteiger partial charge in [0.1, 0.15) is 5.75 Å². The Balaban J connectivity index is 2.06. The van der Waals surface area contributed by atoms with Gasteiger partial charge in [-0.3, -0.25) is 4.79 Å². The molecule has 0 aliphatic rings. The summed E-state index contributed by atoms with van der Waals surface area (Å²) in [6, 6.07) is 11.7. The van der Waals surface area contributed by atoms with E-state index in [-0.39, 0.29) is 5.91 Å². The summed E-state index contributed by atoms with van der Waals surface area (Å²) in [5.74, 6) is 0.447. The maximum Gasteiger partial charge on any atom is 0.265 e. The Labute approximate surface area is 172 Å². The number of hydrogen-bond donors (Lipinski definition) is 1. The minimum Gasteiger partial charge on any atom is -0.480 e. The Morgan fingerprint density at radius 1 is 1.15 bits per heavy atom. The summed E-state index contributed by atoms with van der Waals surface area (Å²) < 4.78 is 7.52. The molecule has 0 radical (unpaired) electrons. The van der Waals surface area contributed by atoms with Gasteiger partial charge in [0.05, 0.1) is 4.47 Å². The van der Waals surface area contributed by atoms with Crippen LogP contribution in [0.3, 0.4) is 0 Å². The van der Waals surface area contributed by atoms with E-state index in [4.69, 9.17) is 4.74 Å². The fraction of sp³-hybridized carbons (Fsp3) is 0.350. The molecule has 1 N–H and O–H groups in total. The standard InChI is InChI=1S/C20H24Br2N2O2/c1-5-24(6-2)16-8-9-18(13(3)11-16)23-20(25)14(4)26-19-10-7-15(21)12-17(19)22/h7-12,14H,5-6H2,1-4H3,(H,23,25)/t14-/m0/s1. The van der Waals surface area contributed by atoms with Gasteiger partial charge in [-0.15, -0.1) is 0 Å². The highest BCUT2D eigenvalue weighted by atomic mass is 79.9. The molecule has 0 aromatic heterocycles. The molecule has 140 valence electrons. The van der Waals surface area contributed by atoms with E-state index in [1.54, 1.807) is 6.92 Å². The number of nitrogens with one attached hydrogen (secondary N) is 1. The van der Waals surface area contributed by atoms with Crippen LogP contribution in [0.5, 0.6) is 5.75 Å². The van der Waals surface area contributed by atoms with Gasteiger partial charge in [-0.25, -0.2) is 0 Å². The highest BCUT2D eigenvalue weighted by molar-refractivity contribution is 9.11. The van der Waals surface area contributed by atoms with Crippen molar-refractivity contribution in [2.45, 2.75) is 33.8 Å². The lowest BCUT2D eigenvalue weighted by molar-refractivity contribution is -0.122. The van der Waals surface area contributed by atoms with E-state index in [1.807, 2.05) is 37.3 Å². The van der Waals surface area contributed by atoms with Crippen LogP contribution in [-0.2, 0) is 4.79 Å². The van der Waals surface area contributed by atoms with Gasteiger partial charge in [-0.2, -0.15) is 0 Å². The number of benzene rings is 2. The molecule has 0 saturated carbocycles. The van der Waals surface area contributed by atoms with Gasteiger partial charge in [-0.1, -0.05) is 15.9 Å². The van der Waals surface area contributed by atoms with Crippen molar-refractivity contribution in [2.24, 2.45) is 0 Å². The monoisotopic (exact) mass is 482 g/mol. The van der Waals surface area contributed by atoms with Gasteiger partial charge < -0.3 is 15.0 Å². The highest BCUT2D eigenvalue weighted by Crippen LogP contribution is 2.29. The SMILES string of the molecule is CCN(CC)c1ccc(NC(=O)[C@H](C)Oc2ccc(Br)cc2Br)c(C)c1. The summed E-state index contributed by atoms with van der Waals surface area (Å²) in [6.07, 6.45) is -0.616. The molecule has 0 aliphatic carbocycles. The number of rotatable bonds is 7. The van der Waals surface area contributed by atoms with Crippen molar-refractivity contribution in [2.75, 3.05) is 23.3 Å². The van der Waals surface area contributed by atoms with E-state index < -0.39 is 6.10 Å². The molecule has 1 atom stereocenters. The summed E-state index contributed by atoms with van der Waals surface area (Å²) in [5.41, 5.74) is 2.99. The number of carbonyl (C=O) groups is 1. The zero-order valence-electron chi connectivity index (χ0n) is 15.5. The van der Waals surface area contributed by atoms with Crippen molar-refractivity contribution in [3.05, 3.63) is 50.9 Å². The van der Waals surface area contributed by atoms with Gasteiger partial charge in [0.2, 0.25) is 0 Å². The van der Waals surface area contributed by atoms with Gasteiger partial charge in [-0.05, 0) is 85.6 Å². The lowest BCUT2D eigenvalue weighted by Gasteiger charge is -2.22. The molecule has 0 heterocycles. The third kappa shape index (κ3) is 5.24. The van der Waals surface area contributed by atoms with E-state index in [9.17, 15) is 4.79 Å². The topological polar surface area (TPSA) is 41.6 Å². The molecule has 0 fully saturated rings. The number of anilines is 2. The molecule has 0 spiro atoms. The van der Waals surface area contributed by atoms with Crippen molar-refractivity contribution in [3.63, 3.8) is 0 Å². The minimum atomic E-state index is -0.616. The summed E-state index contributed by atoms with van der Waals surface area (Å²) in [5, 5.41) is 2.96. The number of ether oxygens (including phenoxy) is 1. The molecule has 2 aromatic rings. The average molecular weight is 484 g/mol. The summed E-state index contributed by atoms with van der Waals surface area (Å²) in [7, 11) is 0. The predicted molar refractivity (Wildman–Crippen MR) is 115 cm³/mol. The first-order valence-corrected chi connectivity index (χ1v) is 10.2. The molecular weight excluding hydrogens is 460 g/mol. The largest absolute Gasteiger partial charge is 0.480 e. The van der Waals surface area contributed by atoms with Crippen LogP contribution in [0.15, 0.2) is 45.3 Å². The third-order valence-corrected chi connectivity index (χ3v) is 5.28. The third-order valence-electron chi connectivity index (χ3n) is 4.16. The van der Waals surface area contributed by atoms with E-state index >= 15 is 0 Å². The average Bonchev–Trinajstić information content (AvgIpc) is 2.60. The molecule has 0 saturated heterocycles. The fourth-order valence-electron chi connectivity index (χ4n) is 2.62.